The van der Waals surface area contributed by atoms with Gasteiger partial charge in [0.2, 0.25) is 10.0 Å². The Hall–Kier alpha value is -1.54. The summed E-state index contributed by atoms with van der Waals surface area (Å²) in [4.78, 5) is 5.99. The Labute approximate surface area is 169 Å². The highest BCUT2D eigenvalue weighted by Crippen LogP contribution is 2.31. The number of benzene rings is 2. The highest BCUT2D eigenvalue weighted by atomic mass is 35.5. The summed E-state index contributed by atoms with van der Waals surface area (Å²) >= 11 is 7.88. The van der Waals surface area contributed by atoms with Crippen LogP contribution in [0.3, 0.4) is 0 Å². The SMILES string of the molecule is CCCn1c(CSc2ccccc2Cl)nc2cc(S(=O)(=O)N(C)C)ccc21. The normalized spacial score (nSPS) is 12.2. The number of fused-ring (bicyclic) bond motifs is 1. The van der Waals surface area contributed by atoms with Crippen molar-refractivity contribution in [2.45, 2.75) is 35.4 Å². The van der Waals surface area contributed by atoms with Crippen LogP contribution in [0.1, 0.15) is 19.2 Å². The summed E-state index contributed by atoms with van der Waals surface area (Å²) in [5, 5.41) is 0.722. The fraction of sp³-hybridized carbons (Fsp3) is 0.316. The van der Waals surface area contributed by atoms with Gasteiger partial charge < -0.3 is 4.57 Å². The number of nitrogens with zero attached hydrogens (tertiary/aromatic N) is 3. The maximum Gasteiger partial charge on any atom is 0.242 e. The van der Waals surface area contributed by atoms with E-state index in [1.165, 1.54) is 18.4 Å². The topological polar surface area (TPSA) is 55.2 Å². The molecule has 0 amide bonds. The van der Waals surface area contributed by atoms with Crippen molar-refractivity contribution in [3.63, 3.8) is 0 Å². The van der Waals surface area contributed by atoms with Crippen LogP contribution in [0.15, 0.2) is 52.3 Å². The van der Waals surface area contributed by atoms with Gasteiger partial charge in [-0.25, -0.2) is 17.7 Å². The number of aromatic nitrogens is 2. The summed E-state index contributed by atoms with van der Waals surface area (Å²) in [6.07, 6.45) is 0.965. The number of hydrogen-bond donors (Lipinski definition) is 0. The fourth-order valence-corrected chi connectivity index (χ4v) is 4.93. The number of aryl methyl sites for hydroxylation is 1. The molecule has 0 fully saturated rings. The molecule has 27 heavy (non-hydrogen) atoms. The van der Waals surface area contributed by atoms with Crippen LogP contribution in [0, 0.1) is 0 Å². The molecule has 0 N–H and O–H groups in total. The quantitative estimate of drug-likeness (QED) is 0.519. The molecule has 0 unspecified atom stereocenters. The first-order valence-corrected chi connectivity index (χ1v) is 11.4. The molecule has 5 nitrogen and oxygen atoms in total. The van der Waals surface area contributed by atoms with Crippen molar-refractivity contribution in [2.24, 2.45) is 0 Å². The van der Waals surface area contributed by atoms with Gasteiger partial charge in [0.1, 0.15) is 5.82 Å². The zero-order valence-corrected chi connectivity index (χ0v) is 17.9. The van der Waals surface area contributed by atoms with Crippen LogP contribution < -0.4 is 0 Å². The molecule has 0 bridgehead atoms. The Bertz CT molecular complexity index is 1060. The van der Waals surface area contributed by atoms with Crippen molar-refractivity contribution < 1.29 is 8.42 Å². The molecule has 1 heterocycles. The maximum absolute atomic E-state index is 12.4. The van der Waals surface area contributed by atoms with Crippen molar-refractivity contribution >= 4 is 44.4 Å². The molecule has 0 atom stereocenters. The lowest BCUT2D eigenvalue weighted by molar-refractivity contribution is 0.521. The van der Waals surface area contributed by atoms with Crippen LogP contribution >= 0.6 is 23.4 Å². The summed E-state index contributed by atoms with van der Waals surface area (Å²) in [6.45, 7) is 2.94. The summed E-state index contributed by atoms with van der Waals surface area (Å²) in [7, 11) is -0.426. The van der Waals surface area contributed by atoms with E-state index in [1.807, 2.05) is 30.3 Å². The third kappa shape index (κ3) is 4.16. The molecule has 0 spiro atoms. The molecule has 144 valence electrons. The van der Waals surface area contributed by atoms with E-state index in [4.69, 9.17) is 16.6 Å². The van der Waals surface area contributed by atoms with Gasteiger partial charge in [-0.2, -0.15) is 0 Å². The number of sulfonamides is 1. The van der Waals surface area contributed by atoms with Gasteiger partial charge >= 0.3 is 0 Å². The molecule has 8 heteroatoms. The van der Waals surface area contributed by atoms with Gasteiger partial charge in [-0.15, -0.1) is 11.8 Å². The number of rotatable bonds is 7. The zero-order valence-electron chi connectivity index (χ0n) is 15.5. The van der Waals surface area contributed by atoms with Crippen LogP contribution in [0.2, 0.25) is 5.02 Å². The van der Waals surface area contributed by atoms with E-state index >= 15 is 0 Å². The number of hydrogen-bond acceptors (Lipinski definition) is 4. The van der Waals surface area contributed by atoms with E-state index in [9.17, 15) is 8.42 Å². The van der Waals surface area contributed by atoms with E-state index in [-0.39, 0.29) is 4.90 Å². The van der Waals surface area contributed by atoms with Crippen molar-refractivity contribution in [3.8, 4) is 0 Å². The Balaban J connectivity index is 1.99. The number of thioether (sulfide) groups is 1. The predicted octanol–water partition coefficient (Wildman–Crippen LogP) is 4.64. The number of halogens is 1. The average molecular weight is 424 g/mol. The third-order valence-corrected chi connectivity index (χ3v) is 7.54. The largest absolute Gasteiger partial charge is 0.327 e. The highest BCUT2D eigenvalue weighted by molar-refractivity contribution is 7.98. The van der Waals surface area contributed by atoms with Gasteiger partial charge in [-0.1, -0.05) is 30.7 Å². The van der Waals surface area contributed by atoms with Crippen molar-refractivity contribution in [2.75, 3.05) is 14.1 Å². The van der Waals surface area contributed by atoms with Crippen LogP contribution in [0.25, 0.3) is 11.0 Å². The molecule has 0 aliphatic rings. The maximum atomic E-state index is 12.4. The van der Waals surface area contributed by atoms with Gasteiger partial charge in [-0.05, 0) is 36.8 Å². The molecule has 1 aromatic heterocycles. The minimum atomic E-state index is -3.48. The van der Waals surface area contributed by atoms with Crippen molar-refractivity contribution in [3.05, 3.63) is 53.3 Å². The lowest BCUT2D eigenvalue weighted by Gasteiger charge is -2.11. The third-order valence-electron chi connectivity index (χ3n) is 4.22. The van der Waals surface area contributed by atoms with Gasteiger partial charge in [0, 0.05) is 25.5 Å². The first kappa shape index (κ1) is 20.2. The molecule has 0 saturated carbocycles. The number of imidazole rings is 1. The first-order valence-electron chi connectivity index (χ1n) is 8.63. The minimum Gasteiger partial charge on any atom is -0.327 e. The zero-order chi connectivity index (χ0) is 19.6. The Morgan fingerprint density at radius 2 is 1.93 bits per heavy atom. The van der Waals surface area contributed by atoms with Crippen LogP contribution in [-0.4, -0.2) is 36.4 Å². The fourth-order valence-electron chi connectivity index (χ4n) is 2.82. The Kier molecular flexibility index (Phi) is 6.15. The Morgan fingerprint density at radius 3 is 2.59 bits per heavy atom. The van der Waals surface area contributed by atoms with E-state index in [0.29, 0.717) is 11.3 Å². The predicted molar refractivity (Wildman–Crippen MR) is 112 cm³/mol. The van der Waals surface area contributed by atoms with E-state index in [1.54, 1.807) is 23.9 Å². The van der Waals surface area contributed by atoms with Crippen LogP contribution in [-0.2, 0) is 22.3 Å². The summed E-state index contributed by atoms with van der Waals surface area (Å²) in [5.74, 6) is 1.57. The molecule has 3 aromatic rings. The van der Waals surface area contributed by atoms with E-state index in [0.717, 1.165) is 34.2 Å². The monoisotopic (exact) mass is 423 g/mol. The molecular formula is C19H22ClN3O2S2. The second kappa shape index (κ2) is 8.22. The van der Waals surface area contributed by atoms with Gasteiger partial charge in [-0.3, -0.25) is 0 Å². The molecule has 3 rings (SSSR count). The van der Waals surface area contributed by atoms with Crippen LogP contribution in [0.5, 0.6) is 0 Å². The molecular weight excluding hydrogens is 402 g/mol. The van der Waals surface area contributed by atoms with Crippen molar-refractivity contribution in [1.29, 1.82) is 0 Å². The molecule has 2 aromatic carbocycles. The Morgan fingerprint density at radius 1 is 1.19 bits per heavy atom. The average Bonchev–Trinajstić information content (AvgIpc) is 2.98. The summed E-state index contributed by atoms with van der Waals surface area (Å²) in [5.41, 5.74) is 1.64. The van der Waals surface area contributed by atoms with E-state index < -0.39 is 10.0 Å². The van der Waals surface area contributed by atoms with Crippen LogP contribution in [0.4, 0.5) is 0 Å². The van der Waals surface area contributed by atoms with E-state index in [2.05, 4.69) is 11.5 Å². The van der Waals surface area contributed by atoms with Gasteiger partial charge in [0.25, 0.3) is 0 Å². The molecule has 0 radical (unpaired) electrons. The lowest BCUT2D eigenvalue weighted by atomic mass is 10.3. The second-order valence-corrected chi connectivity index (χ2v) is 9.91. The summed E-state index contributed by atoms with van der Waals surface area (Å²) < 4.78 is 28.2. The first-order chi connectivity index (χ1) is 12.8. The van der Waals surface area contributed by atoms with Crippen molar-refractivity contribution in [1.82, 2.24) is 13.9 Å². The standard InChI is InChI=1S/C19H22ClN3O2S2/c1-4-11-23-17-10-9-14(27(24,25)22(2)3)12-16(17)21-19(23)13-26-18-8-6-5-7-15(18)20/h5-10,12H,4,11,13H2,1-3H3. The minimum absolute atomic E-state index is 0.256. The van der Waals surface area contributed by atoms with Gasteiger partial charge in [0.05, 0.1) is 26.7 Å². The van der Waals surface area contributed by atoms with Gasteiger partial charge in [0.15, 0.2) is 0 Å². The lowest BCUT2D eigenvalue weighted by Crippen LogP contribution is -2.22. The smallest absolute Gasteiger partial charge is 0.242 e. The second-order valence-electron chi connectivity index (χ2n) is 6.34. The summed E-state index contributed by atoms with van der Waals surface area (Å²) in [6, 6.07) is 12.9. The molecule has 0 saturated heterocycles. The molecule has 0 aliphatic heterocycles. The highest BCUT2D eigenvalue weighted by Gasteiger charge is 2.19. The molecule has 0 aliphatic carbocycles.